The van der Waals surface area contributed by atoms with Crippen molar-refractivity contribution in [2.45, 2.75) is 313 Å². The molecule has 15 rings (SSSR count). The van der Waals surface area contributed by atoms with E-state index in [0.29, 0.717) is 104 Å². The maximum Gasteiger partial charge on any atom is 0.273 e. The maximum atomic E-state index is 14.3. The van der Waals surface area contributed by atoms with E-state index in [2.05, 4.69) is 46.9 Å². The van der Waals surface area contributed by atoms with Crippen LogP contribution in [0.2, 0.25) is 0 Å². The van der Waals surface area contributed by atoms with Gasteiger partial charge in [0.25, 0.3) is 35.4 Å². The van der Waals surface area contributed by atoms with E-state index in [4.69, 9.17) is 41.7 Å². The van der Waals surface area contributed by atoms with Crippen LogP contribution in [0.5, 0.6) is 17.2 Å². The molecular weight excluding hydrogens is 1580 g/mol. The van der Waals surface area contributed by atoms with E-state index in [9.17, 15) is 41.9 Å². The summed E-state index contributed by atoms with van der Waals surface area (Å²) in [6.45, 7) is 10.4. The molecule has 24 nitrogen and oxygen atoms in total. The lowest BCUT2D eigenvalue weighted by molar-refractivity contribution is -0.124. The molecule has 6 N–H and O–H groups in total. The molecule has 3 aromatic carbocycles. The van der Waals surface area contributed by atoms with Crippen LogP contribution in [-0.4, -0.2) is 146 Å². The van der Waals surface area contributed by atoms with Crippen LogP contribution in [0.4, 0.5) is 13.2 Å². The molecule has 6 bridgehead atoms. The fraction of sp³-hybridized carbons (Fsp3) is 0.656. The molecule has 6 aliphatic heterocycles. The van der Waals surface area contributed by atoms with E-state index in [1.165, 1.54) is 171 Å². The molecule has 6 aromatic rings. The molecule has 27 heteroatoms. The second-order valence-corrected chi connectivity index (χ2v) is 36.1. The van der Waals surface area contributed by atoms with Gasteiger partial charge in [-0.05, 0) is 193 Å². The Bertz CT molecular complexity index is 4180. The zero-order chi connectivity index (χ0) is 86.0. The molecule has 9 fully saturated rings. The molecular formula is C96H132F3N9O15. The number of amides is 6. The minimum absolute atomic E-state index is 0.00439. The van der Waals surface area contributed by atoms with E-state index >= 15 is 0 Å². The Hall–Kier alpha value is -8.82. The van der Waals surface area contributed by atoms with Crippen molar-refractivity contribution in [3.63, 3.8) is 0 Å². The van der Waals surface area contributed by atoms with Gasteiger partial charge < -0.3 is 73.6 Å². The number of carbonyl (C=O) groups excluding carboxylic acids is 6. The molecule has 672 valence electrons. The topological polar surface area (TPSA) is 308 Å². The fourth-order valence-electron chi connectivity index (χ4n) is 20.5. The Kier molecular flexibility index (Phi) is 34.7. The summed E-state index contributed by atoms with van der Waals surface area (Å²) in [7, 11) is 0. The van der Waals surface area contributed by atoms with Crippen molar-refractivity contribution < 1.29 is 83.6 Å². The molecule has 12 unspecified atom stereocenters. The van der Waals surface area contributed by atoms with Crippen LogP contribution in [-0.2, 0) is 47.9 Å². The third-order valence-electron chi connectivity index (χ3n) is 26.6. The molecule has 9 aliphatic rings. The standard InChI is InChI=1S/3C32H44FN3O5/c1-20(2)35-29(37)19-39-26-12-11-23(33)16-22(26)17-24-27-13-14-28(41-27)30(24)32-36-25(18-40-32)31(38)34-15-7-6-10-21-8-4-3-5-9-21;2*1-2-15-34-29(37)20-39-26-12-11-23(33)17-22(26)18-24-27-13-14-28(41-27)30(24)32-36-25(19-40-32)31(38)35-16-7-6-10-21-8-4-3-5-9-21/h11-12,16,18,20-21,24,27-28,30H,3-10,13-15,17,19H2,1-2H3,(H,34,38)(H,35,37);2*11-12,17,19,21,24,27-28,30H,2-10,13-16,18,20H2,1H3,(H,34,37)(H,35,38). The summed E-state index contributed by atoms with van der Waals surface area (Å²) in [6.07, 6.45) is 43.0. The van der Waals surface area contributed by atoms with Gasteiger partial charge in [0.05, 0.1) is 54.4 Å². The highest BCUT2D eigenvalue weighted by Crippen LogP contribution is 2.54. The molecule has 0 radical (unpaired) electrons. The Balaban J connectivity index is 0.000000159. The van der Waals surface area contributed by atoms with Gasteiger partial charge in [-0.2, -0.15) is 0 Å². The number of carbonyl (C=O) groups is 6. The first kappa shape index (κ1) is 91.9. The third kappa shape index (κ3) is 26.2. The number of aromatic nitrogens is 3. The molecule has 3 aliphatic carbocycles. The average molecular weight is 1710 g/mol. The van der Waals surface area contributed by atoms with Crippen molar-refractivity contribution in [2.24, 2.45) is 35.5 Å². The summed E-state index contributed by atoms with van der Waals surface area (Å²) in [5.41, 5.74) is 2.86. The van der Waals surface area contributed by atoms with Crippen molar-refractivity contribution in [3.8, 4) is 17.2 Å². The second-order valence-electron chi connectivity index (χ2n) is 36.1. The lowest BCUT2D eigenvalue weighted by atomic mass is 9.76. The number of nitrogens with one attached hydrogen (secondary N) is 6. The number of halogens is 3. The summed E-state index contributed by atoms with van der Waals surface area (Å²) in [6, 6.07) is 13.1. The third-order valence-corrected chi connectivity index (χ3v) is 26.6. The molecule has 0 spiro atoms. The largest absolute Gasteiger partial charge is 0.483 e. The Morgan fingerprint density at radius 1 is 0.382 bits per heavy atom. The van der Waals surface area contributed by atoms with E-state index in [1.54, 1.807) is 18.2 Å². The second kappa shape index (κ2) is 46.4. The fourth-order valence-corrected chi connectivity index (χ4v) is 20.5. The predicted molar refractivity (Wildman–Crippen MR) is 457 cm³/mol. The lowest BCUT2D eigenvalue weighted by Gasteiger charge is -2.26. The number of unbranched alkanes of at least 4 members (excludes halogenated alkanes) is 3. The van der Waals surface area contributed by atoms with Crippen LogP contribution in [0.25, 0.3) is 0 Å². The van der Waals surface area contributed by atoms with Gasteiger partial charge in [0.15, 0.2) is 36.9 Å². The van der Waals surface area contributed by atoms with Gasteiger partial charge in [-0.15, -0.1) is 0 Å². The molecule has 123 heavy (non-hydrogen) atoms. The van der Waals surface area contributed by atoms with Crippen molar-refractivity contribution >= 4 is 35.4 Å². The summed E-state index contributed by atoms with van der Waals surface area (Å²) in [5, 5.41) is 17.4. The number of hydrogen-bond acceptors (Lipinski definition) is 18. The van der Waals surface area contributed by atoms with Gasteiger partial charge >= 0.3 is 0 Å². The van der Waals surface area contributed by atoms with Crippen molar-refractivity contribution in [3.05, 3.63) is 142 Å². The monoisotopic (exact) mass is 1710 g/mol. The number of benzene rings is 3. The summed E-state index contributed by atoms with van der Waals surface area (Å²) >= 11 is 0. The zero-order valence-electron chi connectivity index (χ0n) is 72.7. The molecule has 6 saturated heterocycles. The SMILES string of the molecule is CC(C)NC(=O)COc1ccc(F)cc1CC1C2CCC(O2)C1c1nc(C(=O)NCCCCC2CCCCC2)co1.CCCNC(=O)COc1ccc(F)cc1CC1C2CCC(O2)C1c1nc(C(=O)NCCCCC2CCCCC2)co1.CCCNC(=O)COc1ccc(F)cc1CC1C2CCC(O2)C1c1nc(C(=O)NCCCCC2CCCCC2)co1. The van der Waals surface area contributed by atoms with Gasteiger partial charge in [0.1, 0.15) is 53.5 Å². The molecule has 9 heterocycles. The number of nitrogens with zero attached hydrogens (tertiary/aromatic N) is 3. The van der Waals surface area contributed by atoms with Crippen LogP contribution in [0, 0.1) is 53.0 Å². The first-order chi connectivity index (χ1) is 59.9. The number of fused-ring (bicyclic) bond motifs is 6. The van der Waals surface area contributed by atoms with Crippen molar-refractivity contribution in [1.82, 2.24) is 46.9 Å². The van der Waals surface area contributed by atoms with Gasteiger partial charge in [-0.25, -0.2) is 28.1 Å². The molecule has 3 saturated carbocycles. The summed E-state index contributed by atoms with van der Waals surface area (Å²) in [4.78, 5) is 88.4. The highest BCUT2D eigenvalue weighted by atomic mass is 19.1. The molecule has 3 aromatic heterocycles. The average Bonchev–Trinajstić information content (AvgIpc) is 1.62. The quantitative estimate of drug-likeness (QED) is 0.0194. The number of rotatable bonds is 41. The van der Waals surface area contributed by atoms with Crippen molar-refractivity contribution in [1.29, 1.82) is 0 Å². The molecule has 6 amide bonds. The van der Waals surface area contributed by atoms with E-state index < -0.39 is 0 Å². The van der Waals surface area contributed by atoms with Crippen LogP contribution >= 0.6 is 0 Å². The summed E-state index contributed by atoms with van der Waals surface area (Å²) < 4.78 is 96.6. The van der Waals surface area contributed by atoms with Gasteiger partial charge in [-0.3, -0.25) is 28.8 Å². The number of oxazole rings is 3. The minimum Gasteiger partial charge on any atom is -0.483 e. The molecule has 12 atom stereocenters. The van der Waals surface area contributed by atoms with Gasteiger partial charge in [-0.1, -0.05) is 149 Å². The minimum atomic E-state index is -0.367. The zero-order valence-corrected chi connectivity index (χ0v) is 72.7. The van der Waals surface area contributed by atoms with Gasteiger partial charge in [0, 0.05) is 56.5 Å². The number of ether oxygens (including phenoxy) is 6. The van der Waals surface area contributed by atoms with Crippen molar-refractivity contribution in [2.75, 3.05) is 52.5 Å². The first-order valence-corrected chi connectivity index (χ1v) is 46.6. The Labute approximate surface area is 722 Å². The highest BCUT2D eigenvalue weighted by Gasteiger charge is 2.55. The lowest BCUT2D eigenvalue weighted by Crippen LogP contribution is -2.34. The highest BCUT2D eigenvalue weighted by molar-refractivity contribution is 5.93. The van der Waals surface area contributed by atoms with Crippen LogP contribution in [0.3, 0.4) is 0 Å². The van der Waals surface area contributed by atoms with Crippen LogP contribution in [0.1, 0.15) is 317 Å². The first-order valence-electron chi connectivity index (χ1n) is 46.6. The van der Waals surface area contributed by atoms with E-state index in [-0.39, 0.29) is 168 Å². The van der Waals surface area contributed by atoms with E-state index in [0.717, 1.165) is 108 Å². The Morgan fingerprint density at radius 3 is 0.984 bits per heavy atom. The van der Waals surface area contributed by atoms with Crippen LogP contribution < -0.4 is 46.1 Å². The predicted octanol–water partition coefficient (Wildman–Crippen LogP) is 17.1. The normalized spacial score (nSPS) is 24.0. The number of hydrogen-bond donors (Lipinski definition) is 6. The van der Waals surface area contributed by atoms with Crippen LogP contribution in [0.15, 0.2) is 86.6 Å². The maximum absolute atomic E-state index is 14.3. The van der Waals surface area contributed by atoms with E-state index in [1.807, 2.05) is 27.7 Å². The summed E-state index contributed by atoms with van der Waals surface area (Å²) in [5.74, 6) is 2.58. The smallest absolute Gasteiger partial charge is 0.273 e. The van der Waals surface area contributed by atoms with Gasteiger partial charge in [0.2, 0.25) is 17.7 Å². The Morgan fingerprint density at radius 2 is 0.683 bits per heavy atom.